The fourth-order valence-corrected chi connectivity index (χ4v) is 3.16. The highest BCUT2D eigenvalue weighted by Gasteiger charge is 2.23. The van der Waals surface area contributed by atoms with E-state index in [9.17, 15) is 0 Å². The largest absolute Gasteiger partial charge is 0.478 e. The molecule has 3 rings (SSSR count). The van der Waals surface area contributed by atoms with Gasteiger partial charge < -0.3 is 9.47 Å². The van der Waals surface area contributed by atoms with Gasteiger partial charge in [-0.2, -0.15) is 0 Å². The lowest BCUT2D eigenvalue weighted by Crippen LogP contribution is -2.13. The molecule has 0 N–H and O–H groups in total. The van der Waals surface area contributed by atoms with Crippen LogP contribution in [0.1, 0.15) is 44.4 Å². The van der Waals surface area contributed by atoms with Crippen LogP contribution in [0.15, 0.2) is 28.2 Å². The van der Waals surface area contributed by atoms with Crippen molar-refractivity contribution in [3.05, 3.63) is 34.9 Å². The normalized spacial score (nSPS) is 22.8. The fraction of sp³-hybridized carbons (Fsp3) is 0.619. The van der Waals surface area contributed by atoms with E-state index < -0.39 is 0 Å². The van der Waals surface area contributed by atoms with Gasteiger partial charge in [-0.1, -0.05) is 45.9 Å². The highest BCUT2D eigenvalue weighted by molar-refractivity contribution is 5.81. The Balaban J connectivity index is 1.64. The van der Waals surface area contributed by atoms with Crippen LogP contribution in [0, 0.1) is 18.8 Å². The Morgan fingerprint density at radius 2 is 1.48 bits per heavy atom. The van der Waals surface area contributed by atoms with Crippen LogP contribution in [0.4, 0.5) is 0 Å². The molecule has 1 aromatic carbocycles. The minimum atomic E-state index is 0.306. The van der Waals surface area contributed by atoms with E-state index in [1.807, 2.05) is 0 Å². The van der Waals surface area contributed by atoms with Gasteiger partial charge in [-0.05, 0) is 35.4 Å². The highest BCUT2D eigenvalue weighted by atomic mass is 16.5. The lowest BCUT2D eigenvalue weighted by molar-refractivity contribution is 0.287. The molecular formula is C21H30N2O2. The van der Waals surface area contributed by atoms with Crippen molar-refractivity contribution in [1.82, 2.24) is 0 Å². The van der Waals surface area contributed by atoms with Crippen LogP contribution in [-0.4, -0.2) is 37.1 Å². The van der Waals surface area contributed by atoms with Gasteiger partial charge in [0.05, 0.1) is 12.1 Å². The zero-order valence-corrected chi connectivity index (χ0v) is 16.1. The number of aliphatic imine (C=N–C) groups is 2. The molecule has 0 radical (unpaired) electrons. The molecule has 0 saturated heterocycles. The molecule has 0 fully saturated rings. The third kappa shape index (κ3) is 4.42. The first-order valence-corrected chi connectivity index (χ1v) is 9.39. The quantitative estimate of drug-likeness (QED) is 0.784. The second-order valence-corrected chi connectivity index (χ2v) is 7.90. The van der Waals surface area contributed by atoms with E-state index in [0.29, 0.717) is 23.9 Å². The number of aryl methyl sites for hydroxylation is 1. The molecule has 4 heteroatoms. The standard InChI is InChI=1S/C21H30N2O2/c1-13(2)18-11-24-20(22-18)9-16-6-7-17(15(5)8-16)10-21-23-19(12-25-21)14(3)4/h6-8,13-14,18-19H,9-12H2,1-5H3. The molecule has 25 heavy (non-hydrogen) atoms. The summed E-state index contributed by atoms with van der Waals surface area (Å²) in [5.74, 6) is 2.80. The summed E-state index contributed by atoms with van der Waals surface area (Å²) >= 11 is 0. The van der Waals surface area contributed by atoms with Gasteiger partial charge in [0, 0.05) is 12.8 Å². The van der Waals surface area contributed by atoms with Gasteiger partial charge in [0.15, 0.2) is 11.8 Å². The van der Waals surface area contributed by atoms with Crippen LogP contribution in [0.25, 0.3) is 0 Å². The number of hydrogen-bond acceptors (Lipinski definition) is 4. The van der Waals surface area contributed by atoms with E-state index in [-0.39, 0.29) is 0 Å². The van der Waals surface area contributed by atoms with Crippen molar-refractivity contribution in [3.63, 3.8) is 0 Å². The molecule has 2 unspecified atom stereocenters. The van der Waals surface area contributed by atoms with Crippen molar-refractivity contribution in [2.45, 2.75) is 59.5 Å². The molecule has 2 aliphatic heterocycles. The Morgan fingerprint density at radius 1 is 0.920 bits per heavy atom. The van der Waals surface area contributed by atoms with Gasteiger partial charge in [0.1, 0.15) is 13.2 Å². The summed E-state index contributed by atoms with van der Waals surface area (Å²) in [4.78, 5) is 9.41. The number of hydrogen-bond donors (Lipinski definition) is 0. The number of rotatable bonds is 6. The van der Waals surface area contributed by atoms with Crippen molar-refractivity contribution in [1.29, 1.82) is 0 Å². The molecule has 2 atom stereocenters. The van der Waals surface area contributed by atoms with Gasteiger partial charge in [0.25, 0.3) is 0 Å². The Kier molecular flexibility index (Phi) is 5.45. The number of nitrogens with zero attached hydrogens (tertiary/aromatic N) is 2. The van der Waals surface area contributed by atoms with E-state index >= 15 is 0 Å². The van der Waals surface area contributed by atoms with Crippen LogP contribution in [0.3, 0.4) is 0 Å². The van der Waals surface area contributed by atoms with Crippen molar-refractivity contribution in [2.75, 3.05) is 13.2 Å². The minimum absolute atomic E-state index is 0.306. The second-order valence-electron chi connectivity index (χ2n) is 7.90. The van der Waals surface area contributed by atoms with Crippen LogP contribution < -0.4 is 0 Å². The molecule has 1 aromatic rings. The molecular weight excluding hydrogens is 312 g/mol. The van der Waals surface area contributed by atoms with Gasteiger partial charge in [0.2, 0.25) is 0 Å². The number of ether oxygens (including phenoxy) is 2. The SMILES string of the molecule is Cc1cc(CC2=NC(C(C)C)CO2)ccc1CC1=NC(C(C)C)CO1. The van der Waals surface area contributed by atoms with Crippen molar-refractivity contribution in [3.8, 4) is 0 Å². The molecule has 2 aliphatic rings. The first kappa shape index (κ1) is 18.0. The van der Waals surface area contributed by atoms with E-state index in [1.54, 1.807) is 0 Å². The van der Waals surface area contributed by atoms with Crippen molar-refractivity contribution >= 4 is 11.8 Å². The molecule has 0 aliphatic carbocycles. The molecule has 4 nitrogen and oxygen atoms in total. The van der Waals surface area contributed by atoms with E-state index in [0.717, 1.165) is 37.9 Å². The van der Waals surface area contributed by atoms with E-state index in [2.05, 4.69) is 52.8 Å². The lowest BCUT2D eigenvalue weighted by Gasteiger charge is -2.09. The maximum absolute atomic E-state index is 5.77. The van der Waals surface area contributed by atoms with Gasteiger partial charge in [-0.3, -0.25) is 0 Å². The van der Waals surface area contributed by atoms with Gasteiger partial charge in [-0.25, -0.2) is 9.98 Å². The Bertz CT molecular complexity index is 676. The Labute approximate surface area is 151 Å². The smallest absolute Gasteiger partial charge is 0.188 e. The first-order valence-electron chi connectivity index (χ1n) is 9.39. The monoisotopic (exact) mass is 342 g/mol. The highest BCUT2D eigenvalue weighted by Crippen LogP contribution is 2.20. The van der Waals surface area contributed by atoms with Crippen molar-refractivity contribution < 1.29 is 9.47 Å². The van der Waals surface area contributed by atoms with E-state index in [4.69, 9.17) is 19.5 Å². The second kappa shape index (κ2) is 7.59. The third-order valence-corrected chi connectivity index (χ3v) is 5.10. The average molecular weight is 342 g/mol. The van der Waals surface area contributed by atoms with Gasteiger partial charge >= 0.3 is 0 Å². The fourth-order valence-electron chi connectivity index (χ4n) is 3.16. The maximum atomic E-state index is 5.77. The summed E-state index contributed by atoms with van der Waals surface area (Å²) in [5.41, 5.74) is 3.80. The zero-order chi connectivity index (χ0) is 18.0. The molecule has 2 heterocycles. The molecule has 0 spiro atoms. The summed E-state index contributed by atoms with van der Waals surface area (Å²) in [6.07, 6.45) is 1.55. The van der Waals surface area contributed by atoms with Crippen LogP contribution >= 0.6 is 0 Å². The first-order chi connectivity index (χ1) is 11.9. The minimum Gasteiger partial charge on any atom is -0.478 e. The van der Waals surface area contributed by atoms with Crippen LogP contribution in [-0.2, 0) is 22.3 Å². The molecule has 0 aromatic heterocycles. The average Bonchev–Trinajstić information content (AvgIpc) is 3.19. The lowest BCUT2D eigenvalue weighted by atomic mass is 10.0. The third-order valence-electron chi connectivity index (χ3n) is 5.10. The summed E-state index contributed by atoms with van der Waals surface area (Å²) in [5, 5.41) is 0. The summed E-state index contributed by atoms with van der Waals surface area (Å²) in [7, 11) is 0. The molecule has 0 saturated carbocycles. The van der Waals surface area contributed by atoms with Gasteiger partial charge in [-0.15, -0.1) is 0 Å². The predicted octanol–water partition coefficient (Wildman–Crippen LogP) is 3.99. The van der Waals surface area contributed by atoms with Crippen LogP contribution in [0.2, 0.25) is 0 Å². The van der Waals surface area contributed by atoms with E-state index in [1.165, 1.54) is 16.7 Å². The molecule has 0 amide bonds. The summed E-state index contributed by atoms with van der Waals surface area (Å²) in [6.45, 7) is 12.4. The summed E-state index contributed by atoms with van der Waals surface area (Å²) in [6, 6.07) is 7.21. The molecule has 136 valence electrons. The maximum Gasteiger partial charge on any atom is 0.188 e. The summed E-state index contributed by atoms with van der Waals surface area (Å²) < 4.78 is 11.5. The predicted molar refractivity (Wildman–Crippen MR) is 103 cm³/mol. The Morgan fingerprint density at radius 3 is 1.96 bits per heavy atom. The number of benzene rings is 1. The Hall–Kier alpha value is -1.84. The van der Waals surface area contributed by atoms with Crippen LogP contribution in [0.5, 0.6) is 0 Å². The molecule has 0 bridgehead atoms. The zero-order valence-electron chi connectivity index (χ0n) is 16.1. The van der Waals surface area contributed by atoms with Crippen molar-refractivity contribution in [2.24, 2.45) is 21.8 Å². The topological polar surface area (TPSA) is 43.2 Å².